The molecular formula is C17H25N3O. The lowest BCUT2D eigenvalue weighted by atomic mass is 10.1. The van der Waals surface area contributed by atoms with E-state index in [1.165, 1.54) is 5.69 Å². The normalized spacial score (nSPS) is 12.5. The van der Waals surface area contributed by atoms with E-state index >= 15 is 0 Å². The third kappa shape index (κ3) is 4.41. The molecule has 0 bridgehead atoms. The van der Waals surface area contributed by atoms with Crippen LogP contribution in [-0.2, 0) is 4.74 Å². The summed E-state index contributed by atoms with van der Waals surface area (Å²) in [5.41, 5.74) is 2.28. The molecule has 114 valence electrons. The fourth-order valence-corrected chi connectivity index (χ4v) is 2.41. The maximum Gasteiger partial charge on any atom is 0.0649 e. The molecule has 1 aromatic carbocycles. The number of nitrogens with zero attached hydrogens (tertiary/aromatic N) is 2. The number of hydrogen-bond acceptors (Lipinski definition) is 3. The molecule has 4 nitrogen and oxygen atoms in total. The van der Waals surface area contributed by atoms with E-state index in [2.05, 4.69) is 42.5 Å². The number of para-hydroxylation sites is 1. The molecule has 1 aromatic heterocycles. The quantitative estimate of drug-likeness (QED) is 0.719. The molecule has 0 amide bonds. The van der Waals surface area contributed by atoms with Crippen LogP contribution in [0.2, 0.25) is 0 Å². The molecule has 4 heteroatoms. The molecule has 0 aliphatic rings. The van der Waals surface area contributed by atoms with Crippen LogP contribution in [0.3, 0.4) is 0 Å². The van der Waals surface area contributed by atoms with Gasteiger partial charge in [0.1, 0.15) is 0 Å². The Morgan fingerprint density at radius 1 is 1.14 bits per heavy atom. The first kappa shape index (κ1) is 15.7. The number of rotatable bonds is 9. The maximum absolute atomic E-state index is 5.63. The molecule has 2 rings (SSSR count). The molecule has 0 saturated carbocycles. The second kappa shape index (κ2) is 8.60. The zero-order valence-corrected chi connectivity index (χ0v) is 13.0. The molecule has 0 spiro atoms. The minimum atomic E-state index is 0.259. The van der Waals surface area contributed by atoms with Crippen molar-refractivity contribution < 1.29 is 4.74 Å². The zero-order valence-electron chi connectivity index (χ0n) is 13.0. The average molecular weight is 287 g/mol. The minimum absolute atomic E-state index is 0.259. The van der Waals surface area contributed by atoms with Crippen LogP contribution in [0.5, 0.6) is 0 Å². The van der Waals surface area contributed by atoms with Crippen LogP contribution < -0.4 is 5.32 Å². The SMILES string of the molecule is CCCOCCC(NCC)c1ccnn1-c1ccccc1. The number of aromatic nitrogens is 2. The van der Waals surface area contributed by atoms with Crippen molar-refractivity contribution in [2.45, 2.75) is 32.7 Å². The van der Waals surface area contributed by atoms with Gasteiger partial charge in [-0.15, -0.1) is 0 Å². The van der Waals surface area contributed by atoms with Crippen LogP contribution in [0.4, 0.5) is 0 Å². The topological polar surface area (TPSA) is 39.1 Å². The standard InChI is InChI=1S/C17H25N3O/c1-3-13-21-14-11-16(18-4-2)17-10-12-19-20(17)15-8-6-5-7-9-15/h5-10,12,16,18H,3-4,11,13-14H2,1-2H3. The Balaban J connectivity index is 2.11. The van der Waals surface area contributed by atoms with Gasteiger partial charge in [-0.1, -0.05) is 32.0 Å². The largest absolute Gasteiger partial charge is 0.381 e. The predicted molar refractivity (Wildman–Crippen MR) is 85.7 cm³/mol. The van der Waals surface area contributed by atoms with E-state index in [9.17, 15) is 0 Å². The molecule has 0 aliphatic heterocycles. The van der Waals surface area contributed by atoms with E-state index in [0.717, 1.165) is 38.3 Å². The van der Waals surface area contributed by atoms with Crippen molar-refractivity contribution in [1.82, 2.24) is 15.1 Å². The Hall–Kier alpha value is -1.65. The summed E-state index contributed by atoms with van der Waals surface area (Å²) in [7, 11) is 0. The molecule has 0 saturated heterocycles. The summed E-state index contributed by atoms with van der Waals surface area (Å²) < 4.78 is 7.64. The Morgan fingerprint density at radius 2 is 1.95 bits per heavy atom. The van der Waals surface area contributed by atoms with Gasteiger partial charge in [-0.2, -0.15) is 5.10 Å². The molecule has 21 heavy (non-hydrogen) atoms. The van der Waals surface area contributed by atoms with Crippen molar-refractivity contribution in [3.8, 4) is 5.69 Å². The highest BCUT2D eigenvalue weighted by atomic mass is 16.5. The molecule has 1 unspecified atom stereocenters. The highest BCUT2D eigenvalue weighted by Gasteiger charge is 2.16. The van der Waals surface area contributed by atoms with Gasteiger partial charge < -0.3 is 10.1 Å². The molecule has 0 fully saturated rings. The molecular weight excluding hydrogens is 262 g/mol. The summed E-state index contributed by atoms with van der Waals surface area (Å²) in [5.74, 6) is 0. The van der Waals surface area contributed by atoms with Gasteiger partial charge in [-0.05, 0) is 37.6 Å². The summed E-state index contributed by atoms with van der Waals surface area (Å²) in [6.07, 6.45) is 3.87. The summed E-state index contributed by atoms with van der Waals surface area (Å²) in [6.45, 7) is 6.79. The fourth-order valence-electron chi connectivity index (χ4n) is 2.41. The van der Waals surface area contributed by atoms with Gasteiger partial charge in [-0.25, -0.2) is 4.68 Å². The molecule has 2 aromatic rings. The van der Waals surface area contributed by atoms with E-state index in [-0.39, 0.29) is 6.04 Å². The van der Waals surface area contributed by atoms with Crippen LogP contribution in [0.15, 0.2) is 42.6 Å². The summed E-state index contributed by atoms with van der Waals surface area (Å²) in [6, 6.07) is 12.6. The molecule has 0 radical (unpaired) electrons. The Bertz CT molecular complexity index is 510. The van der Waals surface area contributed by atoms with Crippen molar-refractivity contribution in [3.63, 3.8) is 0 Å². The average Bonchev–Trinajstić information content (AvgIpc) is 3.01. The second-order valence-electron chi connectivity index (χ2n) is 5.01. The van der Waals surface area contributed by atoms with Crippen molar-refractivity contribution in [2.24, 2.45) is 0 Å². The molecule has 1 atom stereocenters. The van der Waals surface area contributed by atoms with Crippen LogP contribution >= 0.6 is 0 Å². The summed E-state index contributed by atoms with van der Waals surface area (Å²) in [4.78, 5) is 0. The minimum Gasteiger partial charge on any atom is -0.381 e. The van der Waals surface area contributed by atoms with Gasteiger partial charge in [0, 0.05) is 19.4 Å². The van der Waals surface area contributed by atoms with Crippen molar-refractivity contribution in [3.05, 3.63) is 48.3 Å². The first-order valence-corrected chi connectivity index (χ1v) is 7.77. The van der Waals surface area contributed by atoms with Crippen molar-refractivity contribution in [2.75, 3.05) is 19.8 Å². The highest BCUT2D eigenvalue weighted by Crippen LogP contribution is 2.20. The number of nitrogens with one attached hydrogen (secondary N) is 1. The lowest BCUT2D eigenvalue weighted by Gasteiger charge is -2.19. The maximum atomic E-state index is 5.63. The van der Waals surface area contributed by atoms with Gasteiger partial charge in [0.15, 0.2) is 0 Å². The Labute approximate surface area is 127 Å². The van der Waals surface area contributed by atoms with E-state index in [4.69, 9.17) is 4.74 Å². The second-order valence-corrected chi connectivity index (χ2v) is 5.01. The van der Waals surface area contributed by atoms with Crippen LogP contribution in [0.1, 0.15) is 38.4 Å². The van der Waals surface area contributed by atoms with Crippen LogP contribution in [0.25, 0.3) is 5.69 Å². The Morgan fingerprint density at radius 3 is 2.67 bits per heavy atom. The van der Waals surface area contributed by atoms with Gasteiger partial charge >= 0.3 is 0 Å². The first-order chi connectivity index (χ1) is 10.4. The summed E-state index contributed by atoms with van der Waals surface area (Å²) >= 11 is 0. The zero-order chi connectivity index (χ0) is 14.9. The third-order valence-electron chi connectivity index (χ3n) is 3.38. The highest BCUT2D eigenvalue weighted by molar-refractivity contribution is 5.33. The lowest BCUT2D eigenvalue weighted by molar-refractivity contribution is 0.124. The smallest absolute Gasteiger partial charge is 0.0649 e. The van der Waals surface area contributed by atoms with Gasteiger partial charge in [0.2, 0.25) is 0 Å². The monoisotopic (exact) mass is 287 g/mol. The van der Waals surface area contributed by atoms with Gasteiger partial charge in [0.25, 0.3) is 0 Å². The van der Waals surface area contributed by atoms with E-state index in [0.29, 0.717) is 0 Å². The molecule has 1 N–H and O–H groups in total. The van der Waals surface area contributed by atoms with Crippen LogP contribution in [-0.4, -0.2) is 29.5 Å². The Kier molecular flexibility index (Phi) is 6.44. The van der Waals surface area contributed by atoms with E-state index in [1.807, 2.05) is 29.1 Å². The van der Waals surface area contributed by atoms with Crippen molar-refractivity contribution >= 4 is 0 Å². The van der Waals surface area contributed by atoms with Crippen LogP contribution in [0, 0.1) is 0 Å². The summed E-state index contributed by atoms with van der Waals surface area (Å²) in [5, 5.41) is 8.00. The van der Waals surface area contributed by atoms with E-state index in [1.54, 1.807) is 0 Å². The van der Waals surface area contributed by atoms with Crippen molar-refractivity contribution in [1.29, 1.82) is 0 Å². The van der Waals surface area contributed by atoms with Gasteiger partial charge in [0.05, 0.1) is 17.4 Å². The third-order valence-corrected chi connectivity index (χ3v) is 3.38. The first-order valence-electron chi connectivity index (χ1n) is 7.77. The predicted octanol–water partition coefficient (Wildman–Crippen LogP) is 3.34. The lowest BCUT2D eigenvalue weighted by Crippen LogP contribution is -2.25. The molecule has 0 aliphatic carbocycles. The fraction of sp³-hybridized carbons (Fsp3) is 0.471. The van der Waals surface area contributed by atoms with Gasteiger partial charge in [-0.3, -0.25) is 0 Å². The molecule has 1 heterocycles. The number of ether oxygens (including phenoxy) is 1. The number of hydrogen-bond donors (Lipinski definition) is 1. The number of benzene rings is 1. The van der Waals surface area contributed by atoms with E-state index < -0.39 is 0 Å².